The summed E-state index contributed by atoms with van der Waals surface area (Å²) >= 11 is 6.29. The number of likely N-dealkylation sites (N-methyl/N-ethyl adjacent to an activating group) is 1. The van der Waals surface area contributed by atoms with Crippen LogP contribution in [0.5, 0.6) is 11.5 Å². The lowest BCUT2D eigenvalue weighted by atomic mass is 9.99. The number of thiocarbonyl (C=S) groups is 1. The lowest BCUT2D eigenvalue weighted by Gasteiger charge is -2.12. The van der Waals surface area contributed by atoms with Gasteiger partial charge in [-0.3, -0.25) is 19.8 Å². The molecule has 0 aromatic heterocycles. The van der Waals surface area contributed by atoms with Gasteiger partial charge >= 0.3 is 0 Å². The second-order valence-corrected chi connectivity index (χ2v) is 8.97. The number of hydrogen-bond acceptors (Lipinski definition) is 7. The standard InChI is InChI=1S/C23H24N2O5S2/c1-4-15(2)16-5-8-19(9-6-16)29-11-12-30-20-10-7-18(25(27)28)13-17(20)14-21-22(26)24(3)23(31)32-21/h5-10,13-15H,4,11-12H2,1-3H3/b21-14+. The van der Waals surface area contributed by atoms with E-state index in [4.69, 9.17) is 21.7 Å². The zero-order valence-corrected chi connectivity index (χ0v) is 19.7. The van der Waals surface area contributed by atoms with Gasteiger partial charge in [0, 0.05) is 24.7 Å². The monoisotopic (exact) mass is 472 g/mol. The van der Waals surface area contributed by atoms with Gasteiger partial charge in [-0.2, -0.15) is 0 Å². The summed E-state index contributed by atoms with van der Waals surface area (Å²) in [7, 11) is 1.59. The Hall–Kier alpha value is -2.91. The zero-order valence-electron chi connectivity index (χ0n) is 18.1. The minimum absolute atomic E-state index is 0.0896. The van der Waals surface area contributed by atoms with Gasteiger partial charge in [0.25, 0.3) is 11.6 Å². The molecule has 1 amide bonds. The summed E-state index contributed by atoms with van der Waals surface area (Å²) in [5.41, 5.74) is 1.61. The fourth-order valence-corrected chi connectivity index (χ4v) is 4.19. The summed E-state index contributed by atoms with van der Waals surface area (Å²) in [5, 5.41) is 11.2. The Morgan fingerprint density at radius 1 is 1.19 bits per heavy atom. The van der Waals surface area contributed by atoms with Crippen molar-refractivity contribution in [3.63, 3.8) is 0 Å². The number of amides is 1. The van der Waals surface area contributed by atoms with Gasteiger partial charge in [-0.1, -0.05) is 50.0 Å². The van der Waals surface area contributed by atoms with Gasteiger partial charge in [-0.15, -0.1) is 0 Å². The molecule has 0 N–H and O–H groups in total. The largest absolute Gasteiger partial charge is 0.490 e. The summed E-state index contributed by atoms with van der Waals surface area (Å²) in [6, 6.07) is 12.3. The third kappa shape index (κ3) is 5.66. The molecule has 1 heterocycles. The first-order valence-electron chi connectivity index (χ1n) is 10.2. The molecule has 1 aliphatic heterocycles. The van der Waals surface area contributed by atoms with Crippen LogP contribution in [0.1, 0.15) is 37.3 Å². The Morgan fingerprint density at radius 2 is 1.88 bits per heavy atom. The summed E-state index contributed by atoms with van der Waals surface area (Å²) < 4.78 is 12.0. The van der Waals surface area contributed by atoms with Gasteiger partial charge in [0.1, 0.15) is 29.0 Å². The van der Waals surface area contributed by atoms with E-state index in [1.54, 1.807) is 13.1 Å². The number of benzene rings is 2. The molecule has 2 aromatic rings. The second-order valence-electron chi connectivity index (χ2n) is 7.30. The van der Waals surface area contributed by atoms with Crippen molar-refractivity contribution < 1.29 is 19.2 Å². The van der Waals surface area contributed by atoms with Crippen LogP contribution < -0.4 is 9.47 Å². The molecule has 0 radical (unpaired) electrons. The minimum Gasteiger partial charge on any atom is -0.490 e. The van der Waals surface area contributed by atoms with Crippen molar-refractivity contribution in [2.24, 2.45) is 0 Å². The molecular weight excluding hydrogens is 448 g/mol. The molecule has 3 rings (SSSR count). The van der Waals surface area contributed by atoms with Crippen LogP contribution >= 0.6 is 24.0 Å². The maximum atomic E-state index is 12.3. The molecule has 0 aliphatic carbocycles. The van der Waals surface area contributed by atoms with Crippen LogP contribution in [0.3, 0.4) is 0 Å². The molecule has 168 valence electrons. The first kappa shape index (κ1) is 23.7. The normalized spacial score (nSPS) is 15.8. The quantitative estimate of drug-likeness (QED) is 0.159. The summed E-state index contributed by atoms with van der Waals surface area (Å²) in [6.45, 7) is 4.88. The van der Waals surface area contributed by atoms with Crippen LogP contribution in [0.4, 0.5) is 5.69 Å². The second kappa shape index (κ2) is 10.6. The van der Waals surface area contributed by atoms with Crippen LogP contribution in [-0.2, 0) is 4.79 Å². The number of carbonyl (C=O) groups excluding carboxylic acids is 1. The number of thioether (sulfide) groups is 1. The summed E-state index contributed by atoms with van der Waals surface area (Å²) in [6.07, 6.45) is 2.65. The molecule has 1 aliphatic rings. The highest BCUT2D eigenvalue weighted by Crippen LogP contribution is 2.34. The molecule has 2 aromatic carbocycles. The van der Waals surface area contributed by atoms with Gasteiger partial charge in [-0.05, 0) is 42.2 Å². The third-order valence-corrected chi connectivity index (χ3v) is 6.63. The smallest absolute Gasteiger partial charge is 0.270 e. The fourth-order valence-electron chi connectivity index (χ4n) is 3.02. The SMILES string of the molecule is CCC(C)c1ccc(OCCOc2ccc([N+](=O)[O-])cc2/C=C2/SC(=S)N(C)C2=O)cc1. The number of non-ortho nitro benzene ring substituents is 1. The molecule has 0 spiro atoms. The topological polar surface area (TPSA) is 81.9 Å². The van der Waals surface area contributed by atoms with E-state index >= 15 is 0 Å². The number of rotatable bonds is 9. The van der Waals surface area contributed by atoms with Crippen molar-refractivity contribution in [2.45, 2.75) is 26.2 Å². The van der Waals surface area contributed by atoms with Crippen molar-refractivity contribution in [3.05, 3.63) is 68.6 Å². The predicted molar refractivity (Wildman–Crippen MR) is 130 cm³/mol. The molecule has 1 saturated heterocycles. The van der Waals surface area contributed by atoms with Crippen LogP contribution in [-0.4, -0.2) is 40.3 Å². The lowest BCUT2D eigenvalue weighted by molar-refractivity contribution is -0.384. The molecule has 9 heteroatoms. The van der Waals surface area contributed by atoms with Gasteiger partial charge in [0.15, 0.2) is 0 Å². The van der Waals surface area contributed by atoms with Gasteiger partial charge in [-0.25, -0.2) is 0 Å². The number of hydrogen-bond donors (Lipinski definition) is 0. The van der Waals surface area contributed by atoms with Crippen LogP contribution in [0.25, 0.3) is 6.08 Å². The van der Waals surface area contributed by atoms with Gasteiger partial charge in [0.2, 0.25) is 0 Å². The third-order valence-electron chi connectivity index (χ3n) is 5.15. The molecule has 7 nitrogen and oxygen atoms in total. The van der Waals surface area contributed by atoms with Gasteiger partial charge < -0.3 is 9.47 Å². The van der Waals surface area contributed by atoms with Crippen molar-refractivity contribution in [1.82, 2.24) is 4.90 Å². The number of ether oxygens (including phenoxy) is 2. The molecular formula is C23H24N2O5S2. The van der Waals surface area contributed by atoms with Crippen LogP contribution in [0.15, 0.2) is 47.4 Å². The van der Waals surface area contributed by atoms with E-state index in [-0.39, 0.29) is 18.2 Å². The highest BCUT2D eigenvalue weighted by atomic mass is 32.2. The molecule has 0 bridgehead atoms. The highest BCUT2D eigenvalue weighted by Gasteiger charge is 2.29. The van der Waals surface area contributed by atoms with Crippen LogP contribution in [0.2, 0.25) is 0 Å². The van der Waals surface area contributed by atoms with Crippen molar-refractivity contribution >= 4 is 46.0 Å². The maximum Gasteiger partial charge on any atom is 0.270 e. The summed E-state index contributed by atoms with van der Waals surface area (Å²) in [4.78, 5) is 24.8. The van der Waals surface area contributed by atoms with Crippen molar-refractivity contribution in [1.29, 1.82) is 0 Å². The first-order chi connectivity index (χ1) is 15.3. The Labute approximate surface area is 196 Å². The van der Waals surface area contributed by atoms with E-state index < -0.39 is 4.92 Å². The van der Waals surface area contributed by atoms with Crippen molar-refractivity contribution in [2.75, 3.05) is 20.3 Å². The summed E-state index contributed by atoms with van der Waals surface area (Å²) in [5.74, 6) is 1.42. The average molecular weight is 473 g/mol. The average Bonchev–Trinajstić information content (AvgIpc) is 3.03. The van der Waals surface area contributed by atoms with Crippen LogP contribution in [0, 0.1) is 10.1 Å². The van der Waals surface area contributed by atoms with E-state index in [1.165, 1.54) is 28.7 Å². The van der Waals surface area contributed by atoms with E-state index in [9.17, 15) is 14.9 Å². The number of nitro groups is 1. The number of carbonyl (C=O) groups is 1. The molecule has 1 fully saturated rings. The fraction of sp³-hybridized carbons (Fsp3) is 0.304. The Morgan fingerprint density at radius 3 is 2.47 bits per heavy atom. The predicted octanol–water partition coefficient (Wildman–Crippen LogP) is 5.40. The molecule has 32 heavy (non-hydrogen) atoms. The maximum absolute atomic E-state index is 12.3. The molecule has 0 saturated carbocycles. The lowest BCUT2D eigenvalue weighted by Crippen LogP contribution is -2.22. The number of nitrogens with zero attached hydrogens (tertiary/aromatic N) is 2. The Balaban J connectivity index is 1.68. The molecule has 1 atom stereocenters. The number of nitro benzene ring substituents is 1. The Bertz CT molecular complexity index is 1050. The minimum atomic E-state index is -0.488. The van der Waals surface area contributed by atoms with E-state index in [0.717, 1.165) is 23.9 Å². The van der Waals surface area contributed by atoms with Crippen molar-refractivity contribution in [3.8, 4) is 11.5 Å². The zero-order chi connectivity index (χ0) is 23.3. The first-order valence-corrected chi connectivity index (χ1v) is 11.4. The highest BCUT2D eigenvalue weighted by molar-refractivity contribution is 8.26. The van der Waals surface area contributed by atoms with E-state index in [0.29, 0.717) is 33.1 Å². The molecule has 1 unspecified atom stereocenters. The Kier molecular flexibility index (Phi) is 7.87. The van der Waals surface area contributed by atoms with E-state index in [1.807, 2.05) is 12.1 Å². The van der Waals surface area contributed by atoms with Gasteiger partial charge in [0.05, 0.1) is 9.83 Å². The van der Waals surface area contributed by atoms with E-state index in [2.05, 4.69) is 26.0 Å².